The zero-order valence-electron chi connectivity index (χ0n) is 9.86. The van der Waals surface area contributed by atoms with Crippen LogP contribution in [0.25, 0.3) is 0 Å². The lowest BCUT2D eigenvalue weighted by atomic mass is 9.74. The number of hydrogen-bond acceptors (Lipinski definition) is 3. The van der Waals surface area contributed by atoms with Crippen LogP contribution in [-0.2, 0) is 11.3 Å². The van der Waals surface area contributed by atoms with E-state index < -0.39 is 0 Å². The van der Waals surface area contributed by atoms with E-state index in [1.807, 2.05) is 12.4 Å². The van der Waals surface area contributed by atoms with Gasteiger partial charge in [-0.05, 0) is 11.8 Å². The molecule has 4 heteroatoms. The molecule has 0 saturated heterocycles. The van der Waals surface area contributed by atoms with Gasteiger partial charge in [-0.2, -0.15) is 0 Å². The minimum absolute atomic E-state index is 0.132. The zero-order chi connectivity index (χ0) is 11.8. The lowest BCUT2D eigenvalue weighted by Crippen LogP contribution is -2.34. The molecule has 0 unspecified atom stereocenters. The van der Waals surface area contributed by atoms with Crippen LogP contribution >= 0.6 is 11.3 Å². The fraction of sp³-hybridized carbons (Fsp3) is 0.500. The Morgan fingerprint density at radius 1 is 1.62 bits per heavy atom. The number of likely N-dealkylation sites (N-methyl/N-ethyl adjacent to an activating group) is 1. The van der Waals surface area contributed by atoms with Crippen molar-refractivity contribution in [2.75, 3.05) is 7.05 Å². The Hall–Kier alpha value is -1.16. The van der Waals surface area contributed by atoms with Crippen molar-refractivity contribution < 1.29 is 4.79 Å². The van der Waals surface area contributed by atoms with Gasteiger partial charge in [0.25, 0.3) is 0 Å². The van der Waals surface area contributed by atoms with E-state index in [1.54, 1.807) is 21.7 Å². The first-order valence-corrected chi connectivity index (χ1v) is 6.26. The van der Waals surface area contributed by atoms with Crippen molar-refractivity contribution in [2.24, 2.45) is 5.41 Å². The number of thiazole rings is 1. The lowest BCUT2D eigenvalue weighted by molar-refractivity contribution is -0.127. The van der Waals surface area contributed by atoms with E-state index in [9.17, 15) is 4.79 Å². The molecule has 1 aromatic heterocycles. The van der Waals surface area contributed by atoms with E-state index in [-0.39, 0.29) is 11.3 Å². The van der Waals surface area contributed by atoms with Crippen LogP contribution in [0.4, 0.5) is 0 Å². The molecule has 1 amide bonds. The van der Waals surface area contributed by atoms with Crippen molar-refractivity contribution in [3.05, 3.63) is 28.2 Å². The fourth-order valence-corrected chi connectivity index (χ4v) is 2.50. The maximum absolute atomic E-state index is 12.0. The van der Waals surface area contributed by atoms with Gasteiger partial charge in [0.05, 0.1) is 17.7 Å². The molecule has 1 aliphatic carbocycles. The Labute approximate surface area is 99.8 Å². The largest absolute Gasteiger partial charge is 0.336 e. The maximum Gasteiger partial charge on any atom is 0.249 e. The third-order valence-electron chi connectivity index (χ3n) is 2.72. The molecular weight excluding hydrogens is 220 g/mol. The number of nitrogens with zero attached hydrogens (tertiary/aromatic N) is 2. The first-order valence-electron chi connectivity index (χ1n) is 5.32. The van der Waals surface area contributed by atoms with Gasteiger partial charge < -0.3 is 4.90 Å². The van der Waals surface area contributed by atoms with Crippen LogP contribution in [0.3, 0.4) is 0 Å². The van der Waals surface area contributed by atoms with Crippen molar-refractivity contribution in [3.63, 3.8) is 0 Å². The predicted octanol–water partition coefficient (Wildman–Crippen LogP) is 2.46. The Bertz CT molecular complexity index is 420. The molecule has 2 rings (SSSR count). The lowest BCUT2D eigenvalue weighted by Gasteiger charge is -2.33. The van der Waals surface area contributed by atoms with E-state index in [1.165, 1.54) is 0 Å². The van der Waals surface area contributed by atoms with Crippen molar-refractivity contribution in [2.45, 2.75) is 26.8 Å². The summed E-state index contributed by atoms with van der Waals surface area (Å²) in [6.07, 6.45) is 2.94. The van der Waals surface area contributed by atoms with Crippen molar-refractivity contribution in [3.8, 4) is 0 Å². The van der Waals surface area contributed by atoms with Gasteiger partial charge in [0.15, 0.2) is 0 Å². The summed E-state index contributed by atoms with van der Waals surface area (Å²) in [5, 5.41) is 1.98. The highest BCUT2D eigenvalue weighted by Crippen LogP contribution is 2.38. The van der Waals surface area contributed by atoms with Gasteiger partial charge in [0.1, 0.15) is 0 Å². The number of hydrogen-bond donors (Lipinski definition) is 0. The summed E-state index contributed by atoms with van der Waals surface area (Å²) in [6, 6.07) is 0. The second-order valence-electron chi connectivity index (χ2n) is 4.98. The molecule has 0 atom stereocenters. The molecule has 86 valence electrons. The average molecular weight is 236 g/mol. The summed E-state index contributed by atoms with van der Waals surface area (Å²) >= 11 is 1.56. The normalized spacial score (nSPS) is 17.6. The number of rotatable bonds is 3. The molecule has 0 aliphatic heterocycles. The number of allylic oxidation sites excluding steroid dienone is 1. The van der Waals surface area contributed by atoms with Gasteiger partial charge >= 0.3 is 0 Å². The fourth-order valence-electron chi connectivity index (χ4n) is 1.95. The molecule has 3 nitrogen and oxygen atoms in total. The van der Waals surface area contributed by atoms with Crippen LogP contribution in [0.15, 0.2) is 22.5 Å². The van der Waals surface area contributed by atoms with Gasteiger partial charge in [0, 0.05) is 18.0 Å². The van der Waals surface area contributed by atoms with Crippen LogP contribution < -0.4 is 0 Å². The quantitative estimate of drug-likeness (QED) is 0.807. The number of carbonyl (C=O) groups excluding carboxylic acids is 1. The molecule has 0 spiro atoms. The van der Waals surface area contributed by atoms with Crippen LogP contribution in [-0.4, -0.2) is 22.8 Å². The summed E-state index contributed by atoms with van der Waals surface area (Å²) in [5.74, 6) is 0.132. The molecule has 1 heterocycles. The Morgan fingerprint density at radius 3 is 2.81 bits per heavy atom. The molecule has 0 radical (unpaired) electrons. The van der Waals surface area contributed by atoms with E-state index >= 15 is 0 Å². The van der Waals surface area contributed by atoms with Crippen LogP contribution in [0.2, 0.25) is 0 Å². The van der Waals surface area contributed by atoms with E-state index in [2.05, 4.69) is 24.9 Å². The summed E-state index contributed by atoms with van der Waals surface area (Å²) in [4.78, 5) is 17.9. The highest BCUT2D eigenvalue weighted by atomic mass is 32.1. The van der Waals surface area contributed by atoms with Gasteiger partial charge in [-0.3, -0.25) is 4.79 Å². The van der Waals surface area contributed by atoms with Crippen molar-refractivity contribution in [1.82, 2.24) is 9.88 Å². The average Bonchev–Trinajstić information content (AvgIpc) is 2.65. The molecule has 16 heavy (non-hydrogen) atoms. The summed E-state index contributed by atoms with van der Waals surface area (Å²) in [5.41, 5.74) is 3.88. The third kappa shape index (κ3) is 2.32. The SMILES string of the molecule is CN(Cc1cscn1)C(=O)C1=CC(C)(C)C1. The third-order valence-corrected chi connectivity index (χ3v) is 3.35. The molecule has 0 aromatic carbocycles. The minimum Gasteiger partial charge on any atom is -0.336 e. The van der Waals surface area contributed by atoms with Crippen molar-refractivity contribution >= 4 is 17.2 Å². The first-order chi connectivity index (χ1) is 7.48. The molecule has 0 N–H and O–H groups in total. The van der Waals surface area contributed by atoms with Gasteiger partial charge in [0.2, 0.25) is 5.91 Å². The van der Waals surface area contributed by atoms with E-state index in [0.717, 1.165) is 17.7 Å². The Morgan fingerprint density at radius 2 is 2.31 bits per heavy atom. The van der Waals surface area contributed by atoms with Crippen LogP contribution in [0, 0.1) is 5.41 Å². The van der Waals surface area contributed by atoms with Gasteiger partial charge in [-0.15, -0.1) is 11.3 Å². The second-order valence-corrected chi connectivity index (χ2v) is 5.69. The molecule has 1 aromatic rings. The van der Waals surface area contributed by atoms with Crippen LogP contribution in [0.1, 0.15) is 26.0 Å². The number of aromatic nitrogens is 1. The first kappa shape index (κ1) is 11.3. The molecule has 0 saturated carbocycles. The Kier molecular flexibility index (Phi) is 2.84. The molecule has 0 fully saturated rings. The minimum atomic E-state index is 0.132. The molecule has 1 aliphatic rings. The van der Waals surface area contributed by atoms with E-state index in [0.29, 0.717) is 6.54 Å². The van der Waals surface area contributed by atoms with E-state index in [4.69, 9.17) is 0 Å². The smallest absolute Gasteiger partial charge is 0.249 e. The monoisotopic (exact) mass is 236 g/mol. The zero-order valence-corrected chi connectivity index (χ0v) is 10.7. The number of amides is 1. The summed E-state index contributed by atoms with van der Waals surface area (Å²) in [7, 11) is 1.83. The topological polar surface area (TPSA) is 33.2 Å². The highest BCUT2D eigenvalue weighted by molar-refractivity contribution is 7.07. The standard InChI is InChI=1S/C12H16N2OS/c1-12(2)4-9(5-12)11(15)14(3)6-10-7-16-8-13-10/h4,7-8H,5-6H2,1-3H3. The van der Waals surface area contributed by atoms with Gasteiger partial charge in [-0.1, -0.05) is 19.9 Å². The summed E-state index contributed by atoms with van der Waals surface area (Å²) < 4.78 is 0. The molecule has 0 bridgehead atoms. The Balaban J connectivity index is 1.96. The molecular formula is C12H16N2OS. The van der Waals surface area contributed by atoms with Crippen molar-refractivity contribution in [1.29, 1.82) is 0 Å². The predicted molar refractivity (Wildman–Crippen MR) is 65.1 cm³/mol. The van der Waals surface area contributed by atoms with Gasteiger partial charge in [-0.25, -0.2) is 4.98 Å². The second kappa shape index (κ2) is 4.01. The summed E-state index contributed by atoms with van der Waals surface area (Å²) in [6.45, 7) is 4.88. The van der Waals surface area contributed by atoms with Crippen LogP contribution in [0.5, 0.6) is 0 Å². The maximum atomic E-state index is 12.0. The number of carbonyl (C=O) groups is 1. The highest BCUT2D eigenvalue weighted by Gasteiger charge is 2.32.